The van der Waals surface area contributed by atoms with Crippen molar-refractivity contribution in [2.45, 2.75) is 330 Å². The lowest BCUT2D eigenvalue weighted by molar-refractivity contribution is -0.145. The Balaban J connectivity index is 3.11. The Labute approximate surface area is 690 Å². The highest BCUT2D eigenvalue weighted by molar-refractivity contribution is 6.04. The van der Waals surface area contributed by atoms with Crippen LogP contribution in [0.15, 0.2) is 0 Å². The summed E-state index contributed by atoms with van der Waals surface area (Å²) in [5, 5.41) is 42.8. The Morgan fingerprint density at radius 1 is 0.373 bits per heavy atom. The van der Waals surface area contributed by atoms with Crippen LogP contribution in [0.1, 0.15) is 231 Å². The number of hydrogen-bond acceptors (Lipinski definition) is 21. The maximum absolute atomic E-state index is 14.3. The summed E-state index contributed by atoms with van der Waals surface area (Å²) in [5.74, 6) is -17.3. The Morgan fingerprint density at radius 3 is 1.11 bits per heavy atom. The van der Waals surface area contributed by atoms with E-state index in [1.54, 1.807) is 41.5 Å². The van der Waals surface area contributed by atoms with Crippen molar-refractivity contribution in [1.82, 2.24) is 95.3 Å². The van der Waals surface area contributed by atoms with Gasteiger partial charge in [-0.2, -0.15) is 0 Å². The molecule has 1 saturated heterocycles. The van der Waals surface area contributed by atoms with Crippen molar-refractivity contribution in [2.75, 3.05) is 13.1 Å². The fourth-order valence-corrected chi connectivity index (χ4v) is 11.5. The lowest BCUT2D eigenvalue weighted by atomic mass is 9.96. The third-order valence-electron chi connectivity index (χ3n) is 19.0. The van der Waals surface area contributed by atoms with Crippen molar-refractivity contribution in [2.24, 2.45) is 29.2 Å². The van der Waals surface area contributed by atoms with Crippen LogP contribution in [-0.4, -0.2) is 241 Å². The highest BCUT2D eigenvalue weighted by atomic mass is 16.2. The van der Waals surface area contributed by atoms with Gasteiger partial charge >= 0.3 is 0 Å². The molecule has 1 fully saturated rings. The molecule has 20 amide bonds. The molecule has 9 unspecified atom stereocenters. The molecule has 0 bridgehead atoms. The lowest BCUT2D eigenvalue weighted by Crippen LogP contribution is -2.66. The molecular formula is C77H132N20O21. The van der Waals surface area contributed by atoms with Gasteiger partial charge in [-0.25, -0.2) is 0 Å². The van der Waals surface area contributed by atoms with Gasteiger partial charge in [-0.05, 0) is 188 Å². The molecule has 0 aromatic rings. The van der Waals surface area contributed by atoms with E-state index in [4.69, 9.17) is 11.5 Å². The minimum absolute atomic E-state index is 0.0315. The van der Waals surface area contributed by atoms with E-state index in [1.807, 2.05) is 0 Å². The summed E-state index contributed by atoms with van der Waals surface area (Å²) < 4.78 is 0. The maximum Gasteiger partial charge on any atom is 0.248 e. The van der Waals surface area contributed by atoms with Crippen LogP contribution in [-0.2, 0) is 101 Å². The van der Waals surface area contributed by atoms with Crippen LogP contribution >= 0.6 is 0 Å². The Morgan fingerprint density at radius 2 is 0.712 bits per heavy atom. The zero-order valence-electron chi connectivity index (χ0n) is 73.3. The molecular weight excluding hydrogens is 1540 g/mol. The van der Waals surface area contributed by atoms with Gasteiger partial charge in [0.1, 0.15) is 98.9 Å². The van der Waals surface area contributed by atoms with E-state index >= 15 is 0 Å². The third-order valence-corrected chi connectivity index (χ3v) is 19.0. The molecule has 9 atom stereocenters. The molecule has 118 heavy (non-hydrogen) atoms. The standard InChI is InChI=1S/C77H132N20O21/c1-38(2)34-47(59(108)94-76(23,24)68(117)96-74(19,20)66(115)87-46(30-32-52(79)101)58(107)85-49(37-98)40(5)6)84-61(110)50-28-27-33-97(50)69(118)77(25,26)92-56(105)42(8)81-54(103)41(7)83-63(112)73(17,18)95-67(116)75(21,22)91-55(104)43(9)82-57(106)45(29-31-51(78)100)86-65(114)72(15,16)93-60(109)48(35-39(3)4)88-64(113)71(13,14)90-53(102)36-80-62(111)70(11,12)89-44(10)99/h37-43,45-50H,27-36H2,1-26H3,(H2,78,100)(H2,79,101)(H,80,111)(H,81,103)(H,82,106)(H,83,112)(H,84,110)(H,85,107)(H,86,114)(H,87,115)(H,88,113)(H,89,99)(H,90,102)(H,91,104)(H,92,105)(H,93,109)(H,94,108)(H,95,116)(H,96,117). The molecule has 1 rings (SSSR count). The topological polar surface area (TPSA) is 618 Å². The van der Waals surface area contributed by atoms with Crippen LogP contribution in [0.25, 0.3) is 0 Å². The molecule has 41 heteroatoms. The smallest absolute Gasteiger partial charge is 0.248 e. The number of likely N-dealkylation sites (tertiary alicyclic amines) is 1. The van der Waals surface area contributed by atoms with E-state index in [0.717, 1.165) is 0 Å². The van der Waals surface area contributed by atoms with Crippen LogP contribution in [0.3, 0.4) is 0 Å². The van der Waals surface area contributed by atoms with E-state index in [2.05, 4.69) is 90.4 Å². The number of carbonyl (C=O) groups excluding carboxylic acids is 21. The number of rotatable bonds is 46. The van der Waals surface area contributed by atoms with Crippen molar-refractivity contribution in [3.63, 3.8) is 0 Å². The molecule has 1 aliphatic heterocycles. The van der Waals surface area contributed by atoms with Crippen molar-refractivity contribution < 1.29 is 101 Å². The summed E-state index contributed by atoms with van der Waals surface area (Å²) >= 11 is 0. The highest BCUT2D eigenvalue weighted by Gasteiger charge is 2.47. The number of amides is 20. The minimum Gasteiger partial charge on any atom is -0.370 e. The monoisotopic (exact) mass is 1670 g/mol. The van der Waals surface area contributed by atoms with Crippen LogP contribution in [0.4, 0.5) is 0 Å². The predicted octanol–water partition coefficient (Wildman–Crippen LogP) is -4.31. The van der Waals surface area contributed by atoms with Crippen molar-refractivity contribution in [3.05, 3.63) is 0 Å². The molecule has 666 valence electrons. The van der Waals surface area contributed by atoms with Gasteiger partial charge in [-0.1, -0.05) is 41.5 Å². The van der Waals surface area contributed by atoms with E-state index in [1.165, 1.54) is 143 Å². The first kappa shape index (κ1) is 105. The fraction of sp³-hybridized carbons (Fsp3) is 0.727. The zero-order valence-corrected chi connectivity index (χ0v) is 73.3. The number of nitrogens with zero attached hydrogens (tertiary/aromatic N) is 1. The number of hydrogen-bond donors (Lipinski definition) is 19. The molecule has 0 spiro atoms. The first-order valence-electron chi connectivity index (χ1n) is 39.2. The van der Waals surface area contributed by atoms with Crippen molar-refractivity contribution in [3.8, 4) is 0 Å². The molecule has 21 N–H and O–H groups in total. The van der Waals surface area contributed by atoms with Crippen LogP contribution < -0.4 is 102 Å². The third kappa shape index (κ3) is 33.6. The van der Waals surface area contributed by atoms with E-state index in [9.17, 15) is 101 Å². The predicted molar refractivity (Wildman–Crippen MR) is 430 cm³/mol. The molecule has 0 radical (unpaired) electrons. The summed E-state index contributed by atoms with van der Waals surface area (Å²) in [5.41, 5.74) is -3.05. The molecule has 1 heterocycles. The largest absolute Gasteiger partial charge is 0.370 e. The summed E-state index contributed by atoms with van der Waals surface area (Å²) in [4.78, 5) is 281. The summed E-state index contributed by atoms with van der Waals surface area (Å²) in [6, 6.07) is -11.7. The average Bonchev–Trinajstić information content (AvgIpc) is 0.909. The van der Waals surface area contributed by atoms with Gasteiger partial charge in [0.05, 0.1) is 12.6 Å². The molecule has 1 aliphatic rings. The normalized spacial score (nSPS) is 15.5. The van der Waals surface area contributed by atoms with E-state index < -0.39 is 236 Å². The van der Waals surface area contributed by atoms with E-state index in [0.29, 0.717) is 12.7 Å². The molecule has 0 aromatic heterocycles. The first-order chi connectivity index (χ1) is 53.6. The summed E-state index contributed by atoms with van der Waals surface area (Å²) in [7, 11) is 0. The highest BCUT2D eigenvalue weighted by Crippen LogP contribution is 2.24. The second-order valence-corrected chi connectivity index (χ2v) is 35.4. The second kappa shape index (κ2) is 43.5. The Hall–Kier alpha value is -10.9. The van der Waals surface area contributed by atoms with Gasteiger partial charge in [-0.3, -0.25) is 95.9 Å². The molecule has 41 nitrogen and oxygen atoms in total. The molecule has 0 aromatic carbocycles. The van der Waals surface area contributed by atoms with Gasteiger partial charge in [0, 0.05) is 26.3 Å². The Kier molecular flexibility index (Phi) is 38.7. The van der Waals surface area contributed by atoms with E-state index in [-0.39, 0.29) is 56.4 Å². The zero-order chi connectivity index (χ0) is 91.9. The van der Waals surface area contributed by atoms with Gasteiger partial charge < -0.3 is 112 Å². The van der Waals surface area contributed by atoms with Gasteiger partial charge in [0.25, 0.3) is 0 Å². The number of nitrogens with two attached hydrogens (primary N) is 2. The maximum atomic E-state index is 14.3. The summed E-state index contributed by atoms with van der Waals surface area (Å²) in [6.45, 7) is 36.3. The molecule has 0 saturated carbocycles. The number of aldehydes is 1. The average molecular weight is 1670 g/mol. The Bertz CT molecular complexity index is 3770. The van der Waals surface area contributed by atoms with Crippen molar-refractivity contribution >= 4 is 124 Å². The van der Waals surface area contributed by atoms with Crippen LogP contribution in [0.5, 0.6) is 0 Å². The summed E-state index contributed by atoms with van der Waals surface area (Å²) in [6.07, 6.45) is -0.288. The van der Waals surface area contributed by atoms with Crippen LogP contribution in [0.2, 0.25) is 0 Å². The quantitative estimate of drug-likeness (QED) is 0.0256. The molecule has 0 aliphatic carbocycles. The van der Waals surface area contributed by atoms with Gasteiger partial charge in [0.15, 0.2) is 0 Å². The van der Waals surface area contributed by atoms with Crippen LogP contribution in [0, 0.1) is 17.8 Å². The second-order valence-electron chi connectivity index (χ2n) is 35.4. The van der Waals surface area contributed by atoms with Crippen molar-refractivity contribution in [1.29, 1.82) is 0 Å². The number of primary amides is 2. The number of nitrogens with one attached hydrogen (secondary N) is 17. The SMILES string of the molecule is CC(=O)NC(C)(C)C(=O)NCC(=O)NC(C)(C)C(=O)NC(CC(C)C)C(=O)NC(C)(C)C(=O)NC(CCC(N)=O)C(=O)NC(C)C(=O)NC(C)(C)C(=O)NC(C)(C)C(=O)NC(C)C(=O)NC(C)C(=O)NC(C)(C)C(=O)N1CCCC1C(=O)NC(CC(C)C)C(=O)NC(C)(C)C(=O)NC(C)(C)C(=O)NC(CCC(N)=O)C(=O)NC(C=O)C(C)C. The lowest BCUT2D eigenvalue weighted by Gasteiger charge is -2.35. The minimum atomic E-state index is -1.85. The first-order valence-corrected chi connectivity index (χ1v) is 39.2. The fourth-order valence-electron chi connectivity index (χ4n) is 11.5. The number of carbonyl (C=O) groups is 21. The van der Waals surface area contributed by atoms with Gasteiger partial charge in [0.2, 0.25) is 118 Å². The van der Waals surface area contributed by atoms with Gasteiger partial charge in [-0.15, -0.1) is 0 Å².